The maximum Gasteiger partial charge on any atom is 0.268 e. The van der Waals surface area contributed by atoms with Crippen LogP contribution in [0.15, 0.2) is 12.3 Å². The Balaban J connectivity index is 1.99. The first-order chi connectivity index (χ1) is 9.10. The van der Waals surface area contributed by atoms with Crippen molar-refractivity contribution in [2.45, 2.75) is 44.8 Å². The van der Waals surface area contributed by atoms with Crippen LogP contribution in [0, 0.1) is 0 Å². The van der Waals surface area contributed by atoms with Gasteiger partial charge >= 0.3 is 0 Å². The summed E-state index contributed by atoms with van der Waals surface area (Å²) in [5, 5.41) is 2.96. The fraction of sp³-hybridized carbons (Fsp3) is 0.643. The Morgan fingerprint density at radius 2 is 2.32 bits per heavy atom. The minimum absolute atomic E-state index is 0.0755. The fourth-order valence-corrected chi connectivity index (χ4v) is 2.51. The molecule has 1 aliphatic carbocycles. The van der Waals surface area contributed by atoms with Crippen LogP contribution in [0.1, 0.15) is 43.1 Å². The quantitative estimate of drug-likeness (QED) is 0.823. The summed E-state index contributed by atoms with van der Waals surface area (Å²) in [6.07, 6.45) is 5.98. The van der Waals surface area contributed by atoms with Crippen LogP contribution in [0.25, 0.3) is 0 Å². The second-order valence-corrected chi connectivity index (χ2v) is 5.28. The van der Waals surface area contributed by atoms with Gasteiger partial charge in [0.25, 0.3) is 5.91 Å². The first kappa shape index (κ1) is 13.9. The molecule has 3 N–H and O–H groups in total. The lowest BCUT2D eigenvalue weighted by atomic mass is 9.80. The number of amides is 1. The highest BCUT2D eigenvalue weighted by molar-refractivity contribution is 5.93. The number of aryl methyl sites for hydroxylation is 1. The third-order valence-electron chi connectivity index (χ3n) is 3.88. The number of rotatable bonds is 6. The van der Waals surface area contributed by atoms with E-state index >= 15 is 0 Å². The molecule has 5 nitrogen and oxygen atoms in total. The van der Waals surface area contributed by atoms with E-state index in [0.29, 0.717) is 17.9 Å². The Bertz CT molecular complexity index is 444. The van der Waals surface area contributed by atoms with Crippen molar-refractivity contribution in [2.75, 3.05) is 19.4 Å². The highest BCUT2D eigenvalue weighted by Crippen LogP contribution is 2.34. The van der Waals surface area contributed by atoms with E-state index in [1.165, 1.54) is 6.42 Å². The number of nitrogens with two attached hydrogens (primary N) is 1. The molecule has 19 heavy (non-hydrogen) atoms. The second-order valence-electron chi connectivity index (χ2n) is 5.28. The number of methoxy groups -OCH3 is 1. The van der Waals surface area contributed by atoms with E-state index < -0.39 is 0 Å². The van der Waals surface area contributed by atoms with Crippen LogP contribution in [0.3, 0.4) is 0 Å². The van der Waals surface area contributed by atoms with E-state index in [9.17, 15) is 4.79 Å². The van der Waals surface area contributed by atoms with Crippen LogP contribution >= 0.6 is 0 Å². The number of carbonyl (C=O) groups is 1. The number of ether oxygens (including phenoxy) is 1. The van der Waals surface area contributed by atoms with Gasteiger partial charge in [0.2, 0.25) is 0 Å². The molecule has 0 unspecified atom stereocenters. The average Bonchev–Trinajstić information content (AvgIpc) is 2.70. The maximum absolute atomic E-state index is 12.2. The van der Waals surface area contributed by atoms with E-state index in [4.69, 9.17) is 10.5 Å². The topological polar surface area (TPSA) is 69.3 Å². The zero-order valence-electron chi connectivity index (χ0n) is 11.7. The van der Waals surface area contributed by atoms with Crippen molar-refractivity contribution in [3.05, 3.63) is 18.0 Å². The van der Waals surface area contributed by atoms with E-state index in [-0.39, 0.29) is 11.5 Å². The summed E-state index contributed by atoms with van der Waals surface area (Å²) in [6.45, 7) is 3.45. The van der Waals surface area contributed by atoms with E-state index in [1.54, 1.807) is 13.2 Å². The van der Waals surface area contributed by atoms with Crippen LogP contribution in [0.5, 0.6) is 0 Å². The van der Waals surface area contributed by atoms with Crippen molar-refractivity contribution < 1.29 is 9.53 Å². The molecule has 1 amide bonds. The van der Waals surface area contributed by atoms with Gasteiger partial charge in [-0.1, -0.05) is 6.92 Å². The Morgan fingerprint density at radius 3 is 2.84 bits per heavy atom. The van der Waals surface area contributed by atoms with Crippen molar-refractivity contribution in [3.8, 4) is 0 Å². The molecule has 106 valence electrons. The maximum atomic E-state index is 12.2. The molecule has 1 aromatic heterocycles. The fourth-order valence-electron chi connectivity index (χ4n) is 2.51. The largest absolute Gasteiger partial charge is 0.397 e. The molecule has 0 spiro atoms. The Morgan fingerprint density at radius 1 is 1.58 bits per heavy atom. The zero-order chi connectivity index (χ0) is 13.9. The monoisotopic (exact) mass is 265 g/mol. The molecule has 1 saturated carbocycles. The Labute approximate surface area is 114 Å². The molecular formula is C14H23N3O2. The minimum Gasteiger partial charge on any atom is -0.397 e. The van der Waals surface area contributed by atoms with E-state index in [1.807, 2.05) is 10.8 Å². The summed E-state index contributed by atoms with van der Waals surface area (Å²) in [4.78, 5) is 12.2. The smallest absolute Gasteiger partial charge is 0.268 e. The third-order valence-corrected chi connectivity index (χ3v) is 3.88. The normalized spacial score (nSPS) is 16.9. The standard InChI is InChI=1S/C14H23N3O2/c1-3-7-17-9-11(15)8-12(17)13(18)16-10-14(19-2)5-4-6-14/h8-9H,3-7,10,15H2,1-2H3,(H,16,18). The molecule has 5 heteroatoms. The first-order valence-corrected chi connectivity index (χ1v) is 6.89. The van der Waals surface area contributed by atoms with Gasteiger partial charge in [0.1, 0.15) is 5.69 Å². The number of anilines is 1. The van der Waals surface area contributed by atoms with Gasteiger partial charge in [-0.3, -0.25) is 4.79 Å². The summed E-state index contributed by atoms with van der Waals surface area (Å²) >= 11 is 0. The van der Waals surface area contributed by atoms with Gasteiger partial charge in [-0.15, -0.1) is 0 Å². The molecule has 1 fully saturated rings. The summed E-state index contributed by atoms with van der Waals surface area (Å²) in [5.74, 6) is -0.0755. The van der Waals surface area contributed by atoms with Crippen molar-refractivity contribution in [3.63, 3.8) is 0 Å². The number of nitrogens with one attached hydrogen (secondary N) is 1. The molecule has 1 aromatic rings. The molecule has 0 bridgehead atoms. The number of carbonyl (C=O) groups excluding carboxylic acids is 1. The molecule has 1 heterocycles. The number of nitrogens with zero attached hydrogens (tertiary/aromatic N) is 1. The molecule has 0 atom stereocenters. The molecule has 0 saturated heterocycles. The average molecular weight is 265 g/mol. The Hall–Kier alpha value is -1.49. The second kappa shape index (κ2) is 5.65. The molecule has 0 radical (unpaired) electrons. The van der Waals surface area contributed by atoms with Crippen LogP contribution < -0.4 is 11.1 Å². The Kier molecular flexibility index (Phi) is 4.14. The van der Waals surface area contributed by atoms with Gasteiger partial charge in [-0.05, 0) is 31.7 Å². The van der Waals surface area contributed by atoms with Gasteiger partial charge in [-0.25, -0.2) is 0 Å². The lowest BCUT2D eigenvalue weighted by Crippen LogP contribution is -2.49. The lowest BCUT2D eigenvalue weighted by molar-refractivity contribution is -0.0679. The summed E-state index contributed by atoms with van der Waals surface area (Å²) in [5.41, 5.74) is 6.88. The van der Waals surface area contributed by atoms with Gasteiger partial charge in [-0.2, -0.15) is 0 Å². The lowest BCUT2D eigenvalue weighted by Gasteiger charge is -2.40. The van der Waals surface area contributed by atoms with Crippen molar-refractivity contribution >= 4 is 11.6 Å². The molecular weight excluding hydrogens is 242 g/mol. The minimum atomic E-state index is -0.149. The molecule has 2 rings (SSSR count). The van der Waals surface area contributed by atoms with Crippen LogP contribution in [-0.2, 0) is 11.3 Å². The van der Waals surface area contributed by atoms with Gasteiger partial charge in [0.15, 0.2) is 0 Å². The summed E-state index contributed by atoms with van der Waals surface area (Å²) in [6, 6.07) is 1.73. The van der Waals surface area contributed by atoms with Crippen LogP contribution in [0.2, 0.25) is 0 Å². The van der Waals surface area contributed by atoms with Crippen molar-refractivity contribution in [1.82, 2.24) is 9.88 Å². The van der Waals surface area contributed by atoms with Gasteiger partial charge in [0, 0.05) is 26.4 Å². The van der Waals surface area contributed by atoms with Crippen molar-refractivity contribution in [1.29, 1.82) is 0 Å². The number of nitrogen functional groups attached to an aromatic ring is 1. The summed E-state index contributed by atoms with van der Waals surface area (Å²) in [7, 11) is 1.71. The molecule has 0 aliphatic heterocycles. The number of aromatic nitrogens is 1. The SMILES string of the molecule is CCCn1cc(N)cc1C(=O)NCC1(OC)CCC1. The van der Waals surface area contributed by atoms with E-state index in [0.717, 1.165) is 25.8 Å². The highest BCUT2D eigenvalue weighted by Gasteiger charge is 2.37. The number of hydrogen-bond donors (Lipinski definition) is 2. The predicted octanol–water partition coefficient (Wildman–Crippen LogP) is 1.78. The highest BCUT2D eigenvalue weighted by atomic mass is 16.5. The third kappa shape index (κ3) is 2.92. The zero-order valence-corrected chi connectivity index (χ0v) is 11.7. The van der Waals surface area contributed by atoms with Crippen LogP contribution in [-0.4, -0.2) is 29.7 Å². The van der Waals surface area contributed by atoms with E-state index in [2.05, 4.69) is 12.2 Å². The molecule has 0 aromatic carbocycles. The predicted molar refractivity (Wildman–Crippen MR) is 75.1 cm³/mol. The summed E-state index contributed by atoms with van der Waals surface area (Å²) < 4.78 is 7.40. The van der Waals surface area contributed by atoms with Crippen molar-refractivity contribution in [2.24, 2.45) is 0 Å². The number of hydrogen-bond acceptors (Lipinski definition) is 3. The van der Waals surface area contributed by atoms with Gasteiger partial charge < -0.3 is 20.4 Å². The molecule has 1 aliphatic rings. The first-order valence-electron chi connectivity index (χ1n) is 6.89. The van der Waals surface area contributed by atoms with Crippen LogP contribution in [0.4, 0.5) is 5.69 Å². The van der Waals surface area contributed by atoms with Gasteiger partial charge in [0.05, 0.1) is 11.3 Å².